The van der Waals surface area contributed by atoms with Crippen molar-refractivity contribution in [2.24, 2.45) is 11.7 Å². The number of carbonyl (C=O) groups excluding carboxylic acids is 1. The summed E-state index contributed by atoms with van der Waals surface area (Å²) in [6, 6.07) is 1.74. The quantitative estimate of drug-likeness (QED) is 0.386. The van der Waals surface area contributed by atoms with E-state index in [2.05, 4.69) is 20.2 Å². The zero-order valence-corrected chi connectivity index (χ0v) is 13.7. The summed E-state index contributed by atoms with van der Waals surface area (Å²) in [6.07, 6.45) is 4.86. The average Bonchev–Trinajstić information content (AvgIpc) is 2.51. The Bertz CT molecular complexity index is 512. The van der Waals surface area contributed by atoms with Gasteiger partial charge in [0.25, 0.3) is 0 Å². The van der Waals surface area contributed by atoms with E-state index in [-0.39, 0.29) is 11.8 Å². The molecule has 1 unspecified atom stereocenters. The van der Waals surface area contributed by atoms with Crippen LogP contribution in [0.25, 0.3) is 0 Å². The molecule has 0 aromatic carbocycles. The molecular formula is C14H24N6OS. The van der Waals surface area contributed by atoms with Gasteiger partial charge in [0.05, 0.1) is 5.92 Å². The molecule has 1 amide bonds. The lowest BCUT2D eigenvalue weighted by molar-refractivity contribution is -0.123. The maximum absolute atomic E-state index is 11.3. The third kappa shape index (κ3) is 5.03. The van der Waals surface area contributed by atoms with Gasteiger partial charge in [-0.2, -0.15) is 0 Å². The van der Waals surface area contributed by atoms with Gasteiger partial charge in [-0.25, -0.2) is 9.97 Å². The van der Waals surface area contributed by atoms with Crippen molar-refractivity contribution >= 4 is 29.3 Å². The molecule has 22 heavy (non-hydrogen) atoms. The minimum absolute atomic E-state index is 0.00695. The molecule has 7 nitrogen and oxygen atoms in total. The molecule has 2 heterocycles. The minimum atomic E-state index is -0.177. The predicted octanol–water partition coefficient (Wildman–Crippen LogP) is 0.780. The van der Waals surface area contributed by atoms with Gasteiger partial charge in [0.15, 0.2) is 5.16 Å². The third-order valence-corrected chi connectivity index (χ3v) is 4.32. The largest absolute Gasteiger partial charge is 0.383 e. The van der Waals surface area contributed by atoms with Crippen LogP contribution in [-0.2, 0) is 4.79 Å². The molecule has 0 spiro atoms. The standard InChI is InChI=1S/C14H24N6OS/c1-22-14-18-11(15)8-12(19-14)17-5-3-7-20-6-2-4-10(9-20)13(16)21/h8,10H,2-7,9H2,1H3,(H2,16,21)(H3,15,17,18,19). The highest BCUT2D eigenvalue weighted by Crippen LogP contribution is 2.17. The van der Waals surface area contributed by atoms with Crippen molar-refractivity contribution in [3.8, 4) is 0 Å². The SMILES string of the molecule is CSc1nc(N)cc(NCCCN2CCCC(C(N)=O)C2)n1. The number of nitrogen functional groups attached to an aromatic ring is 1. The number of hydrogen-bond donors (Lipinski definition) is 3. The van der Waals surface area contributed by atoms with Gasteiger partial charge in [0, 0.05) is 19.2 Å². The van der Waals surface area contributed by atoms with Crippen molar-refractivity contribution in [2.75, 3.05) is 43.5 Å². The molecule has 1 aliphatic heterocycles. The monoisotopic (exact) mass is 324 g/mol. The van der Waals surface area contributed by atoms with E-state index < -0.39 is 0 Å². The van der Waals surface area contributed by atoms with Gasteiger partial charge in [-0.15, -0.1) is 0 Å². The molecule has 0 radical (unpaired) electrons. The van der Waals surface area contributed by atoms with E-state index >= 15 is 0 Å². The summed E-state index contributed by atoms with van der Waals surface area (Å²) in [5.74, 6) is 1.06. The van der Waals surface area contributed by atoms with Gasteiger partial charge in [-0.05, 0) is 38.6 Å². The van der Waals surface area contributed by atoms with Gasteiger partial charge in [-0.1, -0.05) is 11.8 Å². The Morgan fingerprint density at radius 2 is 2.36 bits per heavy atom. The van der Waals surface area contributed by atoms with Crippen molar-refractivity contribution in [2.45, 2.75) is 24.4 Å². The Balaban J connectivity index is 1.73. The molecule has 5 N–H and O–H groups in total. The molecule has 0 bridgehead atoms. The van der Waals surface area contributed by atoms with E-state index in [0.717, 1.165) is 51.3 Å². The number of primary amides is 1. The fourth-order valence-electron chi connectivity index (χ4n) is 2.63. The number of likely N-dealkylation sites (tertiary alicyclic amines) is 1. The lowest BCUT2D eigenvalue weighted by Crippen LogP contribution is -2.41. The van der Waals surface area contributed by atoms with Crippen LogP contribution in [0.4, 0.5) is 11.6 Å². The number of piperidine rings is 1. The van der Waals surface area contributed by atoms with Crippen LogP contribution in [0, 0.1) is 5.92 Å². The van der Waals surface area contributed by atoms with Crippen LogP contribution in [0.3, 0.4) is 0 Å². The highest BCUT2D eigenvalue weighted by Gasteiger charge is 2.23. The number of anilines is 2. The third-order valence-electron chi connectivity index (χ3n) is 3.77. The normalized spacial score (nSPS) is 19.0. The summed E-state index contributed by atoms with van der Waals surface area (Å²) in [7, 11) is 0. The minimum Gasteiger partial charge on any atom is -0.383 e. The molecule has 8 heteroatoms. The number of rotatable bonds is 7. The first kappa shape index (κ1) is 16.8. The number of aromatic nitrogens is 2. The highest BCUT2D eigenvalue weighted by molar-refractivity contribution is 7.98. The molecule has 1 aromatic rings. The molecule has 1 fully saturated rings. The first-order valence-electron chi connectivity index (χ1n) is 7.52. The average molecular weight is 324 g/mol. The van der Waals surface area contributed by atoms with Crippen molar-refractivity contribution in [3.05, 3.63) is 6.07 Å². The summed E-state index contributed by atoms with van der Waals surface area (Å²) in [5, 5.41) is 3.94. The molecule has 1 aliphatic rings. The van der Waals surface area contributed by atoms with E-state index in [1.54, 1.807) is 6.07 Å². The molecule has 0 aliphatic carbocycles. The second kappa shape index (κ2) is 8.19. The Morgan fingerprint density at radius 1 is 1.55 bits per heavy atom. The fraction of sp³-hybridized carbons (Fsp3) is 0.643. The molecule has 1 aromatic heterocycles. The van der Waals surface area contributed by atoms with E-state index in [1.165, 1.54) is 11.8 Å². The number of nitrogens with one attached hydrogen (secondary N) is 1. The van der Waals surface area contributed by atoms with E-state index in [4.69, 9.17) is 11.5 Å². The first-order valence-corrected chi connectivity index (χ1v) is 8.75. The summed E-state index contributed by atoms with van der Waals surface area (Å²) >= 11 is 1.47. The first-order chi connectivity index (χ1) is 10.6. The maximum Gasteiger partial charge on any atom is 0.221 e. The number of thioether (sulfide) groups is 1. The van der Waals surface area contributed by atoms with Gasteiger partial charge in [0.2, 0.25) is 5.91 Å². The molecule has 2 rings (SSSR count). The Hall–Kier alpha value is -1.54. The smallest absolute Gasteiger partial charge is 0.221 e. The predicted molar refractivity (Wildman–Crippen MR) is 89.7 cm³/mol. The van der Waals surface area contributed by atoms with Crippen molar-refractivity contribution in [1.82, 2.24) is 14.9 Å². The van der Waals surface area contributed by atoms with E-state index in [0.29, 0.717) is 11.0 Å². The van der Waals surface area contributed by atoms with E-state index in [1.807, 2.05) is 6.26 Å². The maximum atomic E-state index is 11.3. The van der Waals surface area contributed by atoms with Crippen LogP contribution >= 0.6 is 11.8 Å². The topological polar surface area (TPSA) is 110 Å². The molecule has 1 atom stereocenters. The highest BCUT2D eigenvalue weighted by atomic mass is 32.2. The number of hydrogen-bond acceptors (Lipinski definition) is 7. The van der Waals surface area contributed by atoms with E-state index in [9.17, 15) is 4.79 Å². The zero-order chi connectivity index (χ0) is 15.9. The Kier molecular flexibility index (Phi) is 6.26. The van der Waals surface area contributed by atoms with Crippen molar-refractivity contribution in [1.29, 1.82) is 0 Å². The molecule has 122 valence electrons. The molecule has 1 saturated heterocycles. The molecular weight excluding hydrogens is 300 g/mol. The summed E-state index contributed by atoms with van der Waals surface area (Å²) in [6.45, 7) is 3.59. The van der Waals surface area contributed by atoms with Crippen LogP contribution in [-0.4, -0.2) is 53.2 Å². The van der Waals surface area contributed by atoms with Gasteiger partial charge < -0.3 is 21.7 Å². The lowest BCUT2D eigenvalue weighted by atomic mass is 9.97. The van der Waals surface area contributed by atoms with Crippen LogP contribution < -0.4 is 16.8 Å². The summed E-state index contributed by atoms with van der Waals surface area (Å²) in [4.78, 5) is 22.0. The van der Waals surface area contributed by atoms with Crippen LogP contribution in [0.2, 0.25) is 0 Å². The van der Waals surface area contributed by atoms with Crippen LogP contribution in [0.5, 0.6) is 0 Å². The van der Waals surface area contributed by atoms with Gasteiger partial charge in [0.1, 0.15) is 11.6 Å². The number of nitrogens with two attached hydrogens (primary N) is 2. The van der Waals surface area contributed by atoms with Crippen molar-refractivity contribution in [3.63, 3.8) is 0 Å². The van der Waals surface area contributed by atoms with Gasteiger partial charge in [-0.3, -0.25) is 4.79 Å². The lowest BCUT2D eigenvalue weighted by Gasteiger charge is -2.31. The van der Waals surface area contributed by atoms with Gasteiger partial charge >= 0.3 is 0 Å². The van der Waals surface area contributed by atoms with Crippen LogP contribution in [0.15, 0.2) is 11.2 Å². The zero-order valence-electron chi connectivity index (χ0n) is 12.9. The number of nitrogens with zero attached hydrogens (tertiary/aromatic N) is 3. The number of carbonyl (C=O) groups is 1. The Morgan fingerprint density at radius 3 is 3.09 bits per heavy atom. The summed E-state index contributed by atoms with van der Waals surface area (Å²) < 4.78 is 0. The fourth-order valence-corrected chi connectivity index (χ4v) is 3.02. The second-order valence-corrected chi connectivity index (χ2v) is 6.26. The van der Waals surface area contributed by atoms with Crippen LogP contribution in [0.1, 0.15) is 19.3 Å². The second-order valence-electron chi connectivity index (χ2n) is 5.49. The summed E-state index contributed by atoms with van der Waals surface area (Å²) in [5.41, 5.74) is 11.1. The molecule has 0 saturated carbocycles. The Labute approximate surface area is 135 Å². The number of amides is 1. The van der Waals surface area contributed by atoms with Crippen molar-refractivity contribution < 1.29 is 4.79 Å².